The fourth-order valence-electron chi connectivity index (χ4n) is 4.16. The predicted octanol–water partition coefficient (Wildman–Crippen LogP) is 1.06. The van der Waals surface area contributed by atoms with Crippen LogP contribution in [0.15, 0.2) is 23.0 Å². The third-order valence-electron chi connectivity index (χ3n) is 5.80. The first-order chi connectivity index (χ1) is 14.4. The molecular weight excluding hydrogens is 388 g/mol. The van der Waals surface area contributed by atoms with Crippen LogP contribution in [0.5, 0.6) is 0 Å². The zero-order valence-electron chi connectivity index (χ0n) is 16.6. The first kappa shape index (κ1) is 19.8. The summed E-state index contributed by atoms with van der Waals surface area (Å²) in [7, 11) is 1.64. The molecule has 30 heavy (non-hydrogen) atoms. The second-order valence-electron chi connectivity index (χ2n) is 7.67. The largest absolute Gasteiger partial charge is 0.465 e. The summed E-state index contributed by atoms with van der Waals surface area (Å²) in [4.78, 5) is 49.2. The number of imide groups is 1. The second kappa shape index (κ2) is 7.71. The molecule has 9 heteroatoms. The van der Waals surface area contributed by atoms with E-state index >= 15 is 0 Å². The van der Waals surface area contributed by atoms with Crippen LogP contribution in [-0.2, 0) is 16.6 Å². The molecule has 3 heterocycles. The third kappa shape index (κ3) is 3.45. The van der Waals surface area contributed by atoms with Crippen LogP contribution < -0.4 is 11.0 Å². The Balaban J connectivity index is 1.68. The smallest absolute Gasteiger partial charge is 0.407 e. The van der Waals surface area contributed by atoms with Crippen molar-refractivity contribution in [2.75, 3.05) is 13.1 Å². The van der Waals surface area contributed by atoms with Gasteiger partial charge in [-0.05, 0) is 31.4 Å². The highest BCUT2D eigenvalue weighted by atomic mass is 16.4. The number of fused-ring (bicyclic) bond motifs is 1. The number of hydrogen-bond donors (Lipinski definition) is 2. The van der Waals surface area contributed by atoms with E-state index in [0.29, 0.717) is 42.5 Å². The van der Waals surface area contributed by atoms with Crippen molar-refractivity contribution in [3.8, 4) is 11.8 Å². The van der Waals surface area contributed by atoms with Gasteiger partial charge in [0.1, 0.15) is 6.04 Å². The highest BCUT2D eigenvalue weighted by Crippen LogP contribution is 2.25. The number of imidazole rings is 1. The Kier molecular flexibility index (Phi) is 5.08. The molecule has 156 valence electrons. The van der Waals surface area contributed by atoms with Gasteiger partial charge in [-0.15, -0.1) is 0 Å². The Bertz CT molecular complexity index is 1160. The topological polar surface area (TPSA) is 114 Å². The van der Waals surface area contributed by atoms with Crippen molar-refractivity contribution in [2.45, 2.75) is 31.7 Å². The Labute approximate surface area is 172 Å². The minimum Gasteiger partial charge on any atom is -0.465 e. The van der Waals surface area contributed by atoms with E-state index in [2.05, 4.69) is 17.2 Å². The van der Waals surface area contributed by atoms with Gasteiger partial charge in [-0.2, -0.15) is 0 Å². The fourth-order valence-corrected chi connectivity index (χ4v) is 4.16. The summed E-state index contributed by atoms with van der Waals surface area (Å²) < 4.78 is 2.92. The Hall–Kier alpha value is -3.54. The van der Waals surface area contributed by atoms with Crippen molar-refractivity contribution >= 4 is 28.9 Å². The Morgan fingerprint density at radius 2 is 1.90 bits per heavy atom. The second-order valence-corrected chi connectivity index (χ2v) is 7.67. The highest BCUT2D eigenvalue weighted by molar-refractivity contribution is 6.00. The SMILES string of the molecule is Cn1c(=O)n(C2CCC(=O)NC2=O)c2cccc(C#CC3CCN(C(=O)O)CC3)c21. The van der Waals surface area contributed by atoms with Gasteiger partial charge in [-0.25, -0.2) is 9.59 Å². The first-order valence-corrected chi connectivity index (χ1v) is 9.90. The fraction of sp³-hybridized carbons (Fsp3) is 0.429. The summed E-state index contributed by atoms with van der Waals surface area (Å²) in [6.45, 7) is 0.923. The number of benzene rings is 1. The van der Waals surface area contributed by atoms with Gasteiger partial charge in [0.25, 0.3) is 0 Å². The molecule has 2 saturated heterocycles. The van der Waals surface area contributed by atoms with E-state index in [1.54, 1.807) is 19.2 Å². The van der Waals surface area contributed by atoms with E-state index in [0.717, 1.165) is 0 Å². The summed E-state index contributed by atoms with van der Waals surface area (Å²) >= 11 is 0. The third-order valence-corrected chi connectivity index (χ3v) is 5.80. The van der Waals surface area contributed by atoms with Crippen LogP contribution >= 0.6 is 0 Å². The molecule has 0 bridgehead atoms. The molecule has 9 nitrogen and oxygen atoms in total. The number of amides is 3. The molecule has 2 aromatic rings. The lowest BCUT2D eigenvalue weighted by molar-refractivity contribution is -0.135. The first-order valence-electron chi connectivity index (χ1n) is 9.90. The molecule has 2 aliphatic heterocycles. The number of para-hydroxylation sites is 1. The van der Waals surface area contributed by atoms with Gasteiger partial charge in [0.05, 0.1) is 16.6 Å². The van der Waals surface area contributed by atoms with Crippen molar-refractivity contribution in [3.63, 3.8) is 0 Å². The van der Waals surface area contributed by atoms with E-state index < -0.39 is 18.0 Å². The maximum atomic E-state index is 12.9. The zero-order valence-corrected chi connectivity index (χ0v) is 16.6. The van der Waals surface area contributed by atoms with E-state index in [-0.39, 0.29) is 30.4 Å². The molecule has 1 atom stereocenters. The molecule has 4 rings (SSSR count). The lowest BCUT2D eigenvalue weighted by Crippen LogP contribution is -2.44. The van der Waals surface area contributed by atoms with Gasteiger partial charge in [-0.3, -0.25) is 24.0 Å². The Morgan fingerprint density at radius 3 is 2.57 bits per heavy atom. The molecule has 1 aromatic carbocycles. The normalized spacial score (nSPS) is 20.0. The molecule has 2 fully saturated rings. The summed E-state index contributed by atoms with van der Waals surface area (Å²) in [5, 5.41) is 11.4. The number of aryl methyl sites for hydroxylation is 1. The number of nitrogens with zero attached hydrogens (tertiary/aromatic N) is 3. The van der Waals surface area contributed by atoms with E-state index in [1.807, 2.05) is 6.07 Å². The summed E-state index contributed by atoms with van der Waals surface area (Å²) in [5.41, 5.74) is 1.59. The van der Waals surface area contributed by atoms with Gasteiger partial charge >= 0.3 is 11.8 Å². The number of carboxylic acid groups (broad SMARTS) is 1. The maximum absolute atomic E-state index is 12.9. The average Bonchev–Trinajstić information content (AvgIpc) is 2.98. The number of rotatable bonds is 1. The molecule has 0 spiro atoms. The summed E-state index contributed by atoms with van der Waals surface area (Å²) in [6.07, 6.45) is 0.905. The number of hydrogen-bond acceptors (Lipinski definition) is 4. The molecule has 3 amide bonds. The van der Waals surface area contributed by atoms with Crippen molar-refractivity contribution in [1.29, 1.82) is 0 Å². The van der Waals surface area contributed by atoms with E-state index in [9.17, 15) is 19.2 Å². The van der Waals surface area contributed by atoms with Crippen molar-refractivity contribution in [2.24, 2.45) is 13.0 Å². The Morgan fingerprint density at radius 1 is 1.17 bits per heavy atom. The van der Waals surface area contributed by atoms with Gasteiger partial charge < -0.3 is 10.0 Å². The van der Waals surface area contributed by atoms with Crippen LogP contribution in [0.3, 0.4) is 0 Å². The number of carbonyl (C=O) groups excluding carboxylic acids is 2. The van der Waals surface area contributed by atoms with E-state index in [4.69, 9.17) is 5.11 Å². The molecule has 1 aromatic heterocycles. The predicted molar refractivity (Wildman–Crippen MR) is 108 cm³/mol. The van der Waals surface area contributed by atoms with Gasteiger partial charge in [0.2, 0.25) is 11.8 Å². The molecule has 2 aliphatic rings. The number of nitrogens with one attached hydrogen (secondary N) is 1. The monoisotopic (exact) mass is 410 g/mol. The van der Waals surface area contributed by atoms with Crippen molar-refractivity contribution in [1.82, 2.24) is 19.4 Å². The van der Waals surface area contributed by atoms with Crippen LogP contribution in [0.1, 0.15) is 37.3 Å². The molecule has 0 aliphatic carbocycles. The lowest BCUT2D eigenvalue weighted by atomic mass is 9.97. The molecule has 0 radical (unpaired) electrons. The van der Waals surface area contributed by atoms with E-state index in [1.165, 1.54) is 14.0 Å². The van der Waals surface area contributed by atoms with Crippen molar-refractivity contribution < 1.29 is 19.5 Å². The van der Waals surface area contributed by atoms with Crippen LogP contribution in [0.2, 0.25) is 0 Å². The molecular formula is C21H22N4O5. The zero-order chi connectivity index (χ0) is 21.4. The molecule has 1 unspecified atom stereocenters. The maximum Gasteiger partial charge on any atom is 0.407 e. The van der Waals surface area contributed by atoms with Crippen molar-refractivity contribution in [3.05, 3.63) is 34.2 Å². The highest BCUT2D eigenvalue weighted by Gasteiger charge is 2.31. The minimum atomic E-state index is -0.907. The van der Waals surface area contributed by atoms with Crippen LogP contribution in [0.4, 0.5) is 4.79 Å². The summed E-state index contributed by atoms with van der Waals surface area (Å²) in [5.74, 6) is 5.67. The quantitative estimate of drug-likeness (QED) is 0.539. The average molecular weight is 410 g/mol. The molecule has 2 N–H and O–H groups in total. The minimum absolute atomic E-state index is 0.0881. The summed E-state index contributed by atoms with van der Waals surface area (Å²) in [6, 6.07) is 4.66. The number of piperidine rings is 2. The van der Waals surface area contributed by atoms with Crippen LogP contribution in [0.25, 0.3) is 11.0 Å². The van der Waals surface area contributed by atoms with Gasteiger partial charge in [0.15, 0.2) is 0 Å². The number of aromatic nitrogens is 2. The lowest BCUT2D eigenvalue weighted by Gasteiger charge is -2.27. The van der Waals surface area contributed by atoms with Crippen LogP contribution in [0, 0.1) is 17.8 Å². The van der Waals surface area contributed by atoms with Gasteiger partial charge in [0, 0.05) is 32.5 Å². The van der Waals surface area contributed by atoms with Gasteiger partial charge in [-0.1, -0.05) is 17.9 Å². The molecule has 0 saturated carbocycles. The number of likely N-dealkylation sites (tertiary alicyclic amines) is 1. The van der Waals surface area contributed by atoms with Crippen LogP contribution in [-0.4, -0.2) is 50.1 Å². The number of carbonyl (C=O) groups is 3. The standard InChI is InChI=1S/C21H22N4O5/c1-23-18-14(6-5-13-9-11-24(12-10-13)21(29)30)3-2-4-15(18)25(20(23)28)16-7-8-17(26)22-19(16)27/h2-4,13,16H,7-12H2,1H3,(H,29,30)(H,22,26,27).